The molecule has 48 heavy (non-hydrogen) atoms. The van der Waals surface area contributed by atoms with Crippen molar-refractivity contribution >= 4 is 23.4 Å². The summed E-state index contributed by atoms with van der Waals surface area (Å²) in [5, 5.41) is 16.0. The summed E-state index contributed by atoms with van der Waals surface area (Å²) in [7, 11) is 3.66. The van der Waals surface area contributed by atoms with Crippen LogP contribution in [-0.4, -0.2) is 93.7 Å². The molecule has 1 unspecified atom stereocenters. The van der Waals surface area contributed by atoms with Crippen LogP contribution in [0.4, 0.5) is 21.8 Å². The lowest BCUT2D eigenvalue weighted by molar-refractivity contribution is 0.0789. The summed E-state index contributed by atoms with van der Waals surface area (Å²) in [6.07, 6.45) is 12.3. The highest BCUT2D eigenvalue weighted by Gasteiger charge is 2.39. The molecule has 1 aromatic carbocycles. The van der Waals surface area contributed by atoms with Crippen LogP contribution in [0.5, 0.6) is 5.75 Å². The van der Waals surface area contributed by atoms with E-state index in [-0.39, 0.29) is 29.6 Å². The summed E-state index contributed by atoms with van der Waals surface area (Å²) < 4.78 is 23.1. The molecule has 13 heteroatoms. The maximum atomic E-state index is 15.6. The molecule has 0 radical (unpaired) electrons. The first kappa shape index (κ1) is 32.3. The molecule has 0 spiro atoms. The van der Waals surface area contributed by atoms with E-state index in [9.17, 15) is 10.1 Å². The number of anilines is 3. The largest absolute Gasteiger partial charge is 0.495 e. The SMILES string of the molecule is CCC1c2c(C#N)ncn2-c2cnc(Nc3cc(F)c(C(=O)NC4CCC(N5CCN(C)CC5)CC4)cc3OC)nc2N1C1CCCC1. The second kappa shape index (κ2) is 13.7. The number of benzene rings is 1. The average molecular weight is 657 g/mol. The van der Waals surface area contributed by atoms with E-state index in [1.165, 1.54) is 19.2 Å². The second-order valence-corrected chi connectivity index (χ2v) is 13.6. The van der Waals surface area contributed by atoms with Crippen LogP contribution in [0.25, 0.3) is 5.69 Å². The number of fused-ring (bicyclic) bond motifs is 3. The predicted molar refractivity (Wildman–Crippen MR) is 180 cm³/mol. The Bertz CT molecular complexity index is 1680. The van der Waals surface area contributed by atoms with Gasteiger partial charge >= 0.3 is 0 Å². The van der Waals surface area contributed by atoms with Gasteiger partial charge in [-0.05, 0) is 58.1 Å². The van der Waals surface area contributed by atoms with Crippen molar-refractivity contribution in [3.05, 3.63) is 47.4 Å². The van der Waals surface area contributed by atoms with Crippen molar-refractivity contribution in [1.82, 2.24) is 34.6 Å². The Morgan fingerprint density at radius 3 is 2.50 bits per heavy atom. The van der Waals surface area contributed by atoms with Crippen LogP contribution in [0.3, 0.4) is 0 Å². The molecule has 4 aliphatic rings. The number of ether oxygens (including phenoxy) is 1. The molecular weight excluding hydrogens is 611 g/mol. The molecule has 1 atom stereocenters. The number of amides is 1. The molecule has 3 fully saturated rings. The molecule has 2 N–H and O–H groups in total. The number of nitrogens with zero attached hydrogens (tertiary/aromatic N) is 8. The van der Waals surface area contributed by atoms with E-state index in [1.54, 1.807) is 12.5 Å². The number of piperazine rings is 1. The number of carbonyl (C=O) groups is 1. The van der Waals surface area contributed by atoms with Crippen LogP contribution in [0.2, 0.25) is 0 Å². The van der Waals surface area contributed by atoms with Crippen molar-refractivity contribution in [2.75, 3.05) is 50.6 Å². The van der Waals surface area contributed by atoms with Crippen LogP contribution in [0.1, 0.15) is 92.5 Å². The normalized spacial score (nSPS) is 23.3. The second-order valence-electron chi connectivity index (χ2n) is 13.6. The molecular formula is C35H45FN10O2. The molecule has 12 nitrogen and oxygen atoms in total. The highest BCUT2D eigenvalue weighted by Crippen LogP contribution is 2.44. The number of nitrogens with one attached hydrogen (secondary N) is 2. The number of imidazole rings is 1. The van der Waals surface area contributed by atoms with Gasteiger partial charge in [-0.3, -0.25) is 14.3 Å². The molecule has 2 aliphatic heterocycles. The number of rotatable bonds is 8. The number of carbonyl (C=O) groups excluding carboxylic acids is 1. The summed E-state index contributed by atoms with van der Waals surface area (Å²) in [6.45, 7) is 6.48. The van der Waals surface area contributed by atoms with Crippen molar-refractivity contribution < 1.29 is 13.9 Å². The van der Waals surface area contributed by atoms with Gasteiger partial charge in [-0.25, -0.2) is 14.4 Å². The molecule has 0 bridgehead atoms. The van der Waals surface area contributed by atoms with Crippen molar-refractivity contribution in [1.29, 1.82) is 5.26 Å². The van der Waals surface area contributed by atoms with E-state index in [0.29, 0.717) is 23.2 Å². The molecule has 3 aromatic rings. The Hall–Kier alpha value is -4.28. The Kier molecular flexibility index (Phi) is 9.20. The van der Waals surface area contributed by atoms with Gasteiger partial charge in [0.25, 0.3) is 5.91 Å². The molecule has 2 aromatic heterocycles. The highest BCUT2D eigenvalue weighted by atomic mass is 19.1. The monoisotopic (exact) mass is 656 g/mol. The molecule has 4 heterocycles. The van der Waals surface area contributed by atoms with Crippen molar-refractivity contribution in [3.8, 4) is 17.5 Å². The summed E-state index contributed by atoms with van der Waals surface area (Å²) in [6, 6.07) is 5.76. The van der Waals surface area contributed by atoms with E-state index in [0.717, 1.165) is 101 Å². The first-order valence-corrected chi connectivity index (χ1v) is 17.4. The minimum absolute atomic E-state index is 0.0170. The molecule has 1 amide bonds. The Morgan fingerprint density at radius 2 is 1.81 bits per heavy atom. The first-order chi connectivity index (χ1) is 23.4. The summed E-state index contributed by atoms with van der Waals surface area (Å²) >= 11 is 0. The zero-order valence-electron chi connectivity index (χ0n) is 28.1. The summed E-state index contributed by atoms with van der Waals surface area (Å²) in [4.78, 5) is 34.5. The van der Waals surface area contributed by atoms with Gasteiger partial charge in [0, 0.05) is 50.4 Å². The zero-order chi connectivity index (χ0) is 33.4. The fraction of sp³-hybridized carbons (Fsp3) is 0.571. The summed E-state index contributed by atoms with van der Waals surface area (Å²) in [5.41, 5.74) is 2.31. The molecule has 254 valence electrons. The predicted octanol–water partition coefficient (Wildman–Crippen LogP) is 4.93. The van der Waals surface area contributed by atoms with Gasteiger partial charge in [0.05, 0.1) is 36.3 Å². The lowest BCUT2D eigenvalue weighted by Crippen LogP contribution is -2.51. The van der Waals surface area contributed by atoms with E-state index in [4.69, 9.17) is 9.72 Å². The smallest absolute Gasteiger partial charge is 0.254 e. The summed E-state index contributed by atoms with van der Waals surface area (Å²) in [5.74, 6) is 0.263. The Morgan fingerprint density at radius 1 is 1.06 bits per heavy atom. The molecule has 2 aliphatic carbocycles. The topological polar surface area (TPSA) is 127 Å². The highest BCUT2D eigenvalue weighted by molar-refractivity contribution is 5.96. The number of methoxy groups -OCH3 is 1. The fourth-order valence-electron chi connectivity index (χ4n) is 8.17. The molecule has 7 rings (SSSR count). The van der Waals surface area contributed by atoms with Crippen molar-refractivity contribution in [2.45, 2.75) is 88.9 Å². The molecule has 2 saturated carbocycles. The van der Waals surface area contributed by atoms with Gasteiger partial charge in [-0.1, -0.05) is 19.8 Å². The Labute approximate surface area is 281 Å². The van der Waals surface area contributed by atoms with Gasteiger partial charge in [0.1, 0.15) is 29.7 Å². The number of hydrogen-bond donors (Lipinski definition) is 2. The van der Waals surface area contributed by atoms with Crippen LogP contribution in [-0.2, 0) is 0 Å². The zero-order valence-corrected chi connectivity index (χ0v) is 28.1. The lowest BCUT2D eigenvalue weighted by atomic mass is 9.89. The fourth-order valence-corrected chi connectivity index (χ4v) is 8.17. The van der Waals surface area contributed by atoms with Crippen LogP contribution in [0, 0.1) is 17.1 Å². The van der Waals surface area contributed by atoms with Crippen molar-refractivity contribution in [3.63, 3.8) is 0 Å². The number of halogens is 1. The van der Waals surface area contributed by atoms with Gasteiger partial charge in [-0.15, -0.1) is 0 Å². The number of nitriles is 1. The van der Waals surface area contributed by atoms with Gasteiger partial charge < -0.3 is 25.2 Å². The number of hydrogen-bond acceptors (Lipinski definition) is 10. The van der Waals surface area contributed by atoms with E-state index >= 15 is 4.39 Å². The van der Waals surface area contributed by atoms with E-state index < -0.39 is 11.7 Å². The average Bonchev–Trinajstić information content (AvgIpc) is 3.79. The van der Waals surface area contributed by atoms with Gasteiger partial charge in [-0.2, -0.15) is 10.2 Å². The minimum Gasteiger partial charge on any atom is -0.495 e. The molecule has 1 saturated heterocycles. The van der Waals surface area contributed by atoms with Crippen molar-refractivity contribution in [2.24, 2.45) is 0 Å². The number of aromatic nitrogens is 4. The first-order valence-electron chi connectivity index (χ1n) is 17.4. The maximum absolute atomic E-state index is 15.6. The lowest BCUT2D eigenvalue weighted by Gasteiger charge is -2.41. The maximum Gasteiger partial charge on any atom is 0.254 e. The quantitative estimate of drug-likeness (QED) is 0.345. The van der Waals surface area contributed by atoms with Gasteiger partial charge in [0.2, 0.25) is 5.95 Å². The third kappa shape index (κ3) is 6.07. The van der Waals surface area contributed by atoms with E-state index in [1.807, 2.05) is 4.57 Å². The standard InChI is InChI=1S/C35H45FN10O2/c1-4-29-32-28(19-37)39-21-45(32)30-20-38-35(42-33(30)46(29)24-7-5-6-8-24)41-27-18-26(36)25(17-31(27)48-3)34(47)40-22-9-11-23(12-10-22)44-15-13-43(2)14-16-44/h17-18,20-24,29H,4-16H2,1-3H3,(H,40,47)(H,38,41,42). The third-order valence-corrected chi connectivity index (χ3v) is 10.8. The number of likely N-dealkylation sites (N-methyl/N-ethyl adjacent to an activating group) is 1. The minimum atomic E-state index is -0.648. The van der Waals surface area contributed by atoms with Crippen LogP contribution in [0.15, 0.2) is 24.7 Å². The van der Waals surface area contributed by atoms with Gasteiger partial charge in [0.15, 0.2) is 11.5 Å². The Balaban J connectivity index is 1.09. The van der Waals surface area contributed by atoms with Crippen LogP contribution >= 0.6 is 0 Å². The van der Waals surface area contributed by atoms with E-state index in [2.05, 4.69) is 55.3 Å². The third-order valence-electron chi connectivity index (χ3n) is 10.8. The van der Waals surface area contributed by atoms with Crippen LogP contribution < -0.4 is 20.3 Å².